The van der Waals surface area contributed by atoms with E-state index in [9.17, 15) is 9.59 Å². The molecule has 0 N–H and O–H groups in total. The van der Waals surface area contributed by atoms with Gasteiger partial charge in [0, 0.05) is 41.9 Å². The van der Waals surface area contributed by atoms with Crippen molar-refractivity contribution in [3.05, 3.63) is 63.1 Å². The Morgan fingerprint density at radius 1 is 1.00 bits per heavy atom. The van der Waals surface area contributed by atoms with Gasteiger partial charge < -0.3 is 4.90 Å². The van der Waals surface area contributed by atoms with Crippen molar-refractivity contribution in [2.45, 2.75) is 25.3 Å². The summed E-state index contributed by atoms with van der Waals surface area (Å²) in [7, 11) is 2.07. The molecule has 134 valence electrons. The van der Waals surface area contributed by atoms with Crippen LogP contribution in [-0.4, -0.2) is 30.3 Å². The zero-order valence-electron chi connectivity index (χ0n) is 14.3. The fourth-order valence-corrected chi connectivity index (χ4v) is 4.42. The minimum atomic E-state index is -0.135. The van der Waals surface area contributed by atoms with Crippen molar-refractivity contribution in [1.82, 2.24) is 4.90 Å². The highest BCUT2D eigenvalue weighted by atomic mass is 35.5. The van der Waals surface area contributed by atoms with Gasteiger partial charge in [0.15, 0.2) is 0 Å². The molecule has 2 aromatic rings. The summed E-state index contributed by atoms with van der Waals surface area (Å²) in [4.78, 5) is 27.4. The number of carbonyl (C=O) groups excluding carboxylic acids is 2. The first-order valence-electron chi connectivity index (χ1n) is 8.56. The summed E-state index contributed by atoms with van der Waals surface area (Å²) < 4.78 is 0. The smallest absolute Gasteiger partial charge is 0.234 e. The third-order valence-corrected chi connectivity index (χ3v) is 5.65. The maximum Gasteiger partial charge on any atom is 0.234 e. The first-order valence-corrected chi connectivity index (χ1v) is 9.31. The predicted molar refractivity (Wildman–Crippen MR) is 103 cm³/mol. The Morgan fingerprint density at radius 3 is 2.31 bits per heavy atom. The molecular formula is C20H18Cl2N2O2. The summed E-state index contributed by atoms with van der Waals surface area (Å²) in [5.74, 6) is -0.132. The number of carbonyl (C=O) groups is 2. The van der Waals surface area contributed by atoms with Crippen LogP contribution in [0.1, 0.15) is 35.4 Å². The largest absolute Gasteiger partial charge is 0.301 e. The molecule has 0 unspecified atom stereocenters. The summed E-state index contributed by atoms with van der Waals surface area (Å²) in [6.45, 7) is 1.64. The van der Waals surface area contributed by atoms with E-state index in [2.05, 4.69) is 11.9 Å². The number of fused-ring (bicyclic) bond motifs is 1. The van der Waals surface area contributed by atoms with Crippen LogP contribution in [0.5, 0.6) is 0 Å². The van der Waals surface area contributed by atoms with Gasteiger partial charge in [-0.25, -0.2) is 0 Å². The average molecular weight is 389 g/mol. The van der Waals surface area contributed by atoms with Gasteiger partial charge in [0.05, 0.1) is 5.69 Å². The highest BCUT2D eigenvalue weighted by Gasteiger charge is 2.31. The van der Waals surface area contributed by atoms with Crippen LogP contribution in [0, 0.1) is 0 Å². The second-order valence-corrected chi connectivity index (χ2v) is 7.76. The van der Waals surface area contributed by atoms with Crippen molar-refractivity contribution in [3.8, 4) is 0 Å². The van der Waals surface area contributed by atoms with Crippen LogP contribution in [0.15, 0.2) is 36.4 Å². The quantitative estimate of drug-likeness (QED) is 0.722. The van der Waals surface area contributed by atoms with Crippen LogP contribution in [-0.2, 0) is 16.1 Å². The lowest BCUT2D eigenvalue weighted by atomic mass is 9.84. The maximum atomic E-state index is 11.9. The fraction of sp³-hybridized carbons (Fsp3) is 0.300. The van der Waals surface area contributed by atoms with Crippen molar-refractivity contribution in [1.29, 1.82) is 0 Å². The third kappa shape index (κ3) is 3.02. The number of halogens is 2. The van der Waals surface area contributed by atoms with Gasteiger partial charge >= 0.3 is 0 Å². The number of amides is 2. The molecule has 6 heteroatoms. The topological polar surface area (TPSA) is 40.6 Å². The Labute approximate surface area is 162 Å². The lowest BCUT2D eigenvalue weighted by molar-refractivity contribution is -0.121. The number of likely N-dealkylation sites (N-methyl/N-ethyl adjacent to an activating group) is 1. The molecule has 0 bridgehead atoms. The Morgan fingerprint density at radius 2 is 1.65 bits per heavy atom. The number of hydrogen-bond acceptors (Lipinski definition) is 3. The van der Waals surface area contributed by atoms with Gasteiger partial charge in [-0.2, -0.15) is 0 Å². The summed E-state index contributed by atoms with van der Waals surface area (Å²) in [5.41, 5.74) is 3.99. The van der Waals surface area contributed by atoms with E-state index in [1.165, 1.54) is 4.90 Å². The van der Waals surface area contributed by atoms with E-state index < -0.39 is 0 Å². The first kappa shape index (κ1) is 17.5. The summed E-state index contributed by atoms with van der Waals surface area (Å²) >= 11 is 12.7. The molecule has 0 radical (unpaired) electrons. The van der Waals surface area contributed by atoms with Crippen LogP contribution < -0.4 is 4.90 Å². The molecule has 2 heterocycles. The van der Waals surface area contributed by atoms with Gasteiger partial charge in [-0.3, -0.25) is 14.5 Å². The van der Waals surface area contributed by atoms with E-state index in [-0.39, 0.29) is 17.7 Å². The van der Waals surface area contributed by atoms with Crippen LogP contribution in [0.4, 0.5) is 5.69 Å². The standard InChI is InChI=1S/C20H18Cl2N2O2/c1-23-10-16(15-8-13(21)9-18(22)17(15)11-23)12-2-4-14(5-3-12)24-19(25)6-7-20(24)26/h2-5,8-9,16H,6-7,10-11H2,1H3/t16-/m0/s1. The third-order valence-electron chi connectivity index (χ3n) is 5.10. The Hall–Kier alpha value is -1.88. The molecule has 1 saturated heterocycles. The van der Waals surface area contributed by atoms with E-state index in [1.807, 2.05) is 30.3 Å². The van der Waals surface area contributed by atoms with Crippen LogP contribution in [0.25, 0.3) is 0 Å². The average Bonchev–Trinajstić information content (AvgIpc) is 2.94. The lowest BCUT2D eigenvalue weighted by Crippen LogP contribution is -2.31. The van der Waals surface area contributed by atoms with Crippen LogP contribution in [0.2, 0.25) is 10.0 Å². The van der Waals surface area contributed by atoms with Crippen molar-refractivity contribution in [2.75, 3.05) is 18.5 Å². The highest BCUT2D eigenvalue weighted by Crippen LogP contribution is 2.39. The Bertz CT molecular complexity index is 879. The molecule has 2 amide bonds. The summed E-state index contributed by atoms with van der Waals surface area (Å²) in [5, 5.41) is 1.32. The molecule has 0 aliphatic carbocycles. The van der Waals surface area contributed by atoms with Crippen LogP contribution in [0.3, 0.4) is 0 Å². The molecular weight excluding hydrogens is 371 g/mol. The van der Waals surface area contributed by atoms with Crippen molar-refractivity contribution >= 4 is 40.7 Å². The van der Waals surface area contributed by atoms with E-state index in [1.54, 1.807) is 6.07 Å². The number of nitrogens with zero attached hydrogens (tertiary/aromatic N) is 2. The minimum absolute atomic E-state index is 0.135. The van der Waals surface area contributed by atoms with Gasteiger partial charge in [0.25, 0.3) is 0 Å². The van der Waals surface area contributed by atoms with Gasteiger partial charge in [0.2, 0.25) is 11.8 Å². The molecule has 1 fully saturated rings. The van der Waals surface area contributed by atoms with E-state index in [4.69, 9.17) is 23.2 Å². The molecule has 0 saturated carbocycles. The second-order valence-electron chi connectivity index (χ2n) is 6.92. The second kappa shape index (κ2) is 6.69. The molecule has 0 aromatic heterocycles. The molecule has 26 heavy (non-hydrogen) atoms. The van der Waals surface area contributed by atoms with E-state index in [0.717, 1.165) is 29.8 Å². The number of benzene rings is 2. The molecule has 1 atom stereocenters. The monoisotopic (exact) mass is 388 g/mol. The summed E-state index contributed by atoms with van der Waals surface area (Å²) in [6.07, 6.45) is 0.580. The Balaban J connectivity index is 1.71. The Kier molecular flexibility index (Phi) is 4.51. The first-order chi connectivity index (χ1) is 12.4. The van der Waals surface area contributed by atoms with Crippen molar-refractivity contribution < 1.29 is 9.59 Å². The fourth-order valence-electron chi connectivity index (χ4n) is 3.85. The van der Waals surface area contributed by atoms with Gasteiger partial charge in [0.1, 0.15) is 0 Å². The maximum absolute atomic E-state index is 11.9. The van der Waals surface area contributed by atoms with Gasteiger partial charge in [-0.1, -0.05) is 35.3 Å². The predicted octanol–water partition coefficient (Wildman–Crippen LogP) is 4.22. The molecule has 2 aromatic carbocycles. The zero-order valence-corrected chi connectivity index (χ0v) is 15.8. The normalized spacial score (nSPS) is 20.6. The zero-order chi connectivity index (χ0) is 18.4. The van der Waals surface area contributed by atoms with Gasteiger partial charge in [-0.05, 0) is 48.0 Å². The number of rotatable bonds is 2. The molecule has 4 rings (SSSR count). The van der Waals surface area contributed by atoms with Gasteiger partial charge in [-0.15, -0.1) is 0 Å². The number of hydrogen-bond donors (Lipinski definition) is 0. The highest BCUT2D eigenvalue weighted by molar-refractivity contribution is 6.35. The minimum Gasteiger partial charge on any atom is -0.301 e. The number of imide groups is 1. The van der Waals surface area contributed by atoms with E-state index in [0.29, 0.717) is 28.6 Å². The lowest BCUT2D eigenvalue weighted by Gasteiger charge is -2.33. The van der Waals surface area contributed by atoms with Crippen molar-refractivity contribution in [3.63, 3.8) is 0 Å². The summed E-state index contributed by atoms with van der Waals surface area (Å²) in [6, 6.07) is 11.4. The van der Waals surface area contributed by atoms with Crippen LogP contribution >= 0.6 is 23.2 Å². The molecule has 2 aliphatic heterocycles. The molecule has 2 aliphatic rings. The van der Waals surface area contributed by atoms with E-state index >= 15 is 0 Å². The molecule has 0 spiro atoms. The van der Waals surface area contributed by atoms with Crippen molar-refractivity contribution in [2.24, 2.45) is 0 Å². The SMILES string of the molecule is CN1Cc2c(Cl)cc(Cl)cc2[C@H](c2ccc(N3C(=O)CCC3=O)cc2)C1. The number of anilines is 1. The molecule has 4 nitrogen and oxygen atoms in total.